The van der Waals surface area contributed by atoms with Crippen molar-refractivity contribution >= 4 is 5.78 Å². The molecule has 2 heteroatoms. The maximum Gasteiger partial charge on any atom is 0.164 e. The Bertz CT molecular complexity index is 562. The van der Waals surface area contributed by atoms with Gasteiger partial charge in [-0.15, -0.1) is 0 Å². The summed E-state index contributed by atoms with van der Waals surface area (Å²) < 4.78 is 0. The molecule has 1 aromatic rings. The van der Waals surface area contributed by atoms with Crippen LogP contribution in [-0.4, -0.2) is 10.9 Å². The van der Waals surface area contributed by atoms with Crippen molar-refractivity contribution in [2.24, 2.45) is 0 Å². The van der Waals surface area contributed by atoms with Gasteiger partial charge in [-0.2, -0.15) is 0 Å². The molecule has 0 amide bonds. The van der Waals surface area contributed by atoms with Gasteiger partial charge in [0.2, 0.25) is 0 Å². The summed E-state index contributed by atoms with van der Waals surface area (Å²) in [5.41, 5.74) is 2.33. The highest BCUT2D eigenvalue weighted by molar-refractivity contribution is 6.03. The van der Waals surface area contributed by atoms with Gasteiger partial charge in [0.1, 0.15) is 5.76 Å². The Hall–Kier alpha value is -2.09. The van der Waals surface area contributed by atoms with Crippen LogP contribution < -0.4 is 0 Å². The van der Waals surface area contributed by atoms with Crippen molar-refractivity contribution in [2.75, 3.05) is 0 Å². The molecule has 17 heavy (non-hydrogen) atoms. The van der Waals surface area contributed by atoms with Crippen LogP contribution in [0.25, 0.3) is 0 Å². The van der Waals surface area contributed by atoms with E-state index in [9.17, 15) is 9.90 Å². The molecule has 0 radical (unpaired) electrons. The van der Waals surface area contributed by atoms with Gasteiger partial charge in [-0.25, -0.2) is 0 Å². The molecule has 1 unspecified atom stereocenters. The van der Waals surface area contributed by atoms with E-state index in [1.165, 1.54) is 0 Å². The maximum absolute atomic E-state index is 12.0. The number of carbonyl (C=O) groups excluding carboxylic acids is 1. The highest BCUT2D eigenvalue weighted by Gasteiger charge is 2.32. The van der Waals surface area contributed by atoms with E-state index >= 15 is 0 Å². The normalized spacial score (nSPS) is 22.7. The monoisotopic (exact) mass is 224 g/mol. The fourth-order valence-electron chi connectivity index (χ4n) is 2.43. The highest BCUT2D eigenvalue weighted by Crippen LogP contribution is 2.39. The second kappa shape index (κ2) is 3.74. The Kier molecular flexibility index (Phi) is 2.22. The minimum atomic E-state index is -0.196. The van der Waals surface area contributed by atoms with Gasteiger partial charge < -0.3 is 5.11 Å². The number of ketones is 1. The molecule has 84 valence electrons. The molecule has 3 rings (SSSR count). The van der Waals surface area contributed by atoms with Crippen LogP contribution in [0.15, 0.2) is 65.5 Å². The molecule has 0 saturated heterocycles. The average Bonchev–Trinajstić information content (AvgIpc) is 2.85. The lowest BCUT2D eigenvalue weighted by Crippen LogP contribution is -2.19. The van der Waals surface area contributed by atoms with Crippen LogP contribution in [0.1, 0.15) is 17.9 Å². The number of benzene rings is 1. The molecule has 1 aromatic carbocycles. The molecule has 0 aromatic heterocycles. The zero-order valence-electron chi connectivity index (χ0n) is 9.26. The SMILES string of the molecule is O=C1CC(c2ccccc2)C(O)=C2C=CC=C12. The van der Waals surface area contributed by atoms with Gasteiger partial charge in [0, 0.05) is 23.5 Å². The Morgan fingerprint density at radius 1 is 1.18 bits per heavy atom. The Morgan fingerprint density at radius 3 is 2.71 bits per heavy atom. The fraction of sp³-hybridized carbons (Fsp3) is 0.133. The van der Waals surface area contributed by atoms with Gasteiger partial charge in [-0.3, -0.25) is 4.79 Å². The van der Waals surface area contributed by atoms with E-state index in [-0.39, 0.29) is 11.7 Å². The second-order valence-corrected chi connectivity index (χ2v) is 4.33. The van der Waals surface area contributed by atoms with Gasteiger partial charge in [0.25, 0.3) is 0 Å². The number of hydrogen-bond donors (Lipinski definition) is 1. The number of Topliss-reactive ketones (excluding diaryl/α,β-unsaturated/α-hetero) is 1. The lowest BCUT2D eigenvalue weighted by molar-refractivity contribution is -0.116. The first-order valence-corrected chi connectivity index (χ1v) is 5.67. The molecule has 2 nitrogen and oxygen atoms in total. The number of allylic oxidation sites excluding steroid dienone is 6. The molecule has 2 aliphatic carbocycles. The lowest BCUT2D eigenvalue weighted by atomic mass is 9.81. The molecular formula is C15H12O2. The predicted octanol–water partition coefficient (Wildman–Crippen LogP) is 3.05. The first kappa shape index (κ1) is 10.1. The van der Waals surface area contributed by atoms with E-state index in [2.05, 4.69) is 0 Å². The molecule has 0 heterocycles. The van der Waals surface area contributed by atoms with Crippen molar-refractivity contribution in [1.82, 2.24) is 0 Å². The van der Waals surface area contributed by atoms with Crippen molar-refractivity contribution in [3.8, 4) is 0 Å². The molecule has 0 saturated carbocycles. The number of aliphatic hydroxyl groups excluding tert-OH is 1. The third kappa shape index (κ3) is 1.53. The van der Waals surface area contributed by atoms with Gasteiger partial charge in [0.15, 0.2) is 5.78 Å². The molecule has 0 bridgehead atoms. The Morgan fingerprint density at radius 2 is 1.94 bits per heavy atom. The summed E-state index contributed by atoms with van der Waals surface area (Å²) >= 11 is 0. The highest BCUT2D eigenvalue weighted by atomic mass is 16.3. The van der Waals surface area contributed by atoms with E-state index in [0.29, 0.717) is 23.3 Å². The zero-order chi connectivity index (χ0) is 11.8. The first-order valence-electron chi connectivity index (χ1n) is 5.67. The van der Waals surface area contributed by atoms with Gasteiger partial charge in [-0.05, 0) is 5.56 Å². The van der Waals surface area contributed by atoms with Crippen molar-refractivity contribution in [3.05, 3.63) is 71.0 Å². The quantitative estimate of drug-likeness (QED) is 0.796. The van der Waals surface area contributed by atoms with E-state index in [0.717, 1.165) is 5.56 Å². The second-order valence-electron chi connectivity index (χ2n) is 4.33. The third-order valence-electron chi connectivity index (χ3n) is 3.31. The number of hydrogen-bond acceptors (Lipinski definition) is 2. The molecule has 1 atom stereocenters. The Balaban J connectivity index is 2.09. The number of rotatable bonds is 1. The van der Waals surface area contributed by atoms with Crippen molar-refractivity contribution in [1.29, 1.82) is 0 Å². The van der Waals surface area contributed by atoms with Crippen LogP contribution in [0, 0.1) is 0 Å². The number of fused-ring (bicyclic) bond motifs is 1. The summed E-state index contributed by atoms with van der Waals surface area (Å²) in [6.45, 7) is 0. The molecule has 0 aliphatic heterocycles. The molecule has 2 aliphatic rings. The smallest absolute Gasteiger partial charge is 0.164 e. The molecule has 0 fully saturated rings. The summed E-state index contributed by atoms with van der Waals surface area (Å²) in [5.74, 6) is 0.228. The summed E-state index contributed by atoms with van der Waals surface area (Å²) in [4.78, 5) is 12.0. The summed E-state index contributed by atoms with van der Waals surface area (Å²) in [5, 5.41) is 10.2. The number of aliphatic hydroxyl groups is 1. The van der Waals surface area contributed by atoms with E-state index in [1.807, 2.05) is 36.4 Å². The van der Waals surface area contributed by atoms with Gasteiger partial charge in [0.05, 0.1) is 0 Å². The summed E-state index contributed by atoms with van der Waals surface area (Å²) in [6.07, 6.45) is 5.74. The molecule has 0 spiro atoms. The third-order valence-corrected chi connectivity index (χ3v) is 3.31. The largest absolute Gasteiger partial charge is 0.511 e. The fourth-order valence-corrected chi connectivity index (χ4v) is 2.43. The average molecular weight is 224 g/mol. The van der Waals surface area contributed by atoms with Crippen LogP contribution >= 0.6 is 0 Å². The summed E-state index contributed by atoms with van der Waals surface area (Å²) in [6, 6.07) is 9.67. The van der Waals surface area contributed by atoms with Crippen molar-refractivity contribution in [3.63, 3.8) is 0 Å². The zero-order valence-corrected chi connectivity index (χ0v) is 9.26. The van der Waals surface area contributed by atoms with Crippen LogP contribution in [0.4, 0.5) is 0 Å². The molecule has 1 N–H and O–H groups in total. The standard InChI is InChI=1S/C15H12O2/c16-14-9-13(10-5-2-1-3-6-10)15(17)12-8-4-7-11(12)14/h1-8,13,17H,9H2. The van der Waals surface area contributed by atoms with Crippen LogP contribution in [0.5, 0.6) is 0 Å². The lowest BCUT2D eigenvalue weighted by Gasteiger charge is -2.23. The number of carbonyl (C=O) groups is 1. The van der Waals surface area contributed by atoms with Crippen molar-refractivity contribution in [2.45, 2.75) is 12.3 Å². The van der Waals surface area contributed by atoms with E-state index in [1.54, 1.807) is 12.2 Å². The maximum atomic E-state index is 12.0. The summed E-state index contributed by atoms with van der Waals surface area (Å²) in [7, 11) is 0. The topological polar surface area (TPSA) is 37.3 Å². The van der Waals surface area contributed by atoms with Crippen LogP contribution in [0.3, 0.4) is 0 Å². The Labute approximate surface area is 99.6 Å². The molecular weight excluding hydrogens is 212 g/mol. The van der Waals surface area contributed by atoms with Gasteiger partial charge in [-0.1, -0.05) is 48.6 Å². The van der Waals surface area contributed by atoms with Crippen LogP contribution in [0.2, 0.25) is 0 Å². The minimum Gasteiger partial charge on any atom is -0.511 e. The van der Waals surface area contributed by atoms with Crippen molar-refractivity contribution < 1.29 is 9.90 Å². The van der Waals surface area contributed by atoms with E-state index < -0.39 is 0 Å². The van der Waals surface area contributed by atoms with Crippen LogP contribution in [-0.2, 0) is 4.79 Å². The first-order chi connectivity index (χ1) is 8.27. The minimum absolute atomic E-state index is 0.108. The van der Waals surface area contributed by atoms with Gasteiger partial charge >= 0.3 is 0 Å². The van der Waals surface area contributed by atoms with E-state index in [4.69, 9.17) is 0 Å². The predicted molar refractivity (Wildman–Crippen MR) is 65.7 cm³/mol.